The Kier molecular flexibility index (Phi) is 6.64. The standard InChI is InChI=1S/C24H26ClN5OS/c25-20-14-17(6-9-22(20)30-32-18-7-8-18)31-23-11-12-26-15-19(23)21-10-13-27-24(29-21)28-16-4-2-1-3-5-16/h6,9-16,18,30H,1-5,7-8H2,(H,27,28,29). The average molecular weight is 468 g/mol. The van der Waals surface area contributed by atoms with Crippen LogP contribution in [0.25, 0.3) is 11.3 Å². The summed E-state index contributed by atoms with van der Waals surface area (Å²) in [7, 11) is 0. The molecule has 0 unspecified atom stereocenters. The number of aromatic nitrogens is 3. The Hall–Kier alpha value is -2.51. The second kappa shape index (κ2) is 9.96. The second-order valence-electron chi connectivity index (χ2n) is 8.28. The van der Waals surface area contributed by atoms with Crippen LogP contribution in [0.5, 0.6) is 11.5 Å². The Bertz CT molecular complexity index is 1070. The van der Waals surface area contributed by atoms with Crippen molar-refractivity contribution in [2.24, 2.45) is 0 Å². The molecule has 2 saturated carbocycles. The quantitative estimate of drug-likeness (QED) is 0.347. The molecule has 1 aromatic carbocycles. The van der Waals surface area contributed by atoms with Gasteiger partial charge in [-0.25, -0.2) is 9.97 Å². The minimum absolute atomic E-state index is 0.441. The highest BCUT2D eigenvalue weighted by Gasteiger charge is 2.22. The lowest BCUT2D eigenvalue weighted by atomic mass is 9.96. The molecule has 0 atom stereocenters. The highest BCUT2D eigenvalue weighted by molar-refractivity contribution is 8.01. The van der Waals surface area contributed by atoms with Gasteiger partial charge in [-0.05, 0) is 61.9 Å². The van der Waals surface area contributed by atoms with Crippen molar-refractivity contribution < 1.29 is 4.74 Å². The van der Waals surface area contributed by atoms with Crippen molar-refractivity contribution in [3.8, 4) is 22.8 Å². The normalized spacial score (nSPS) is 16.5. The Morgan fingerprint density at radius 3 is 2.69 bits per heavy atom. The maximum absolute atomic E-state index is 6.47. The molecule has 2 fully saturated rings. The van der Waals surface area contributed by atoms with Crippen LogP contribution in [-0.4, -0.2) is 26.2 Å². The molecule has 2 heterocycles. The van der Waals surface area contributed by atoms with E-state index in [4.69, 9.17) is 21.3 Å². The van der Waals surface area contributed by atoms with E-state index in [1.807, 2.05) is 30.3 Å². The molecule has 0 spiro atoms. The molecule has 166 valence electrons. The van der Waals surface area contributed by atoms with Crippen LogP contribution in [0.2, 0.25) is 5.02 Å². The molecule has 0 saturated heterocycles. The van der Waals surface area contributed by atoms with Gasteiger partial charge in [0.15, 0.2) is 0 Å². The number of halogens is 1. The van der Waals surface area contributed by atoms with Gasteiger partial charge in [0, 0.05) is 35.9 Å². The number of nitrogens with one attached hydrogen (secondary N) is 2. The number of anilines is 2. The predicted octanol–water partition coefficient (Wildman–Crippen LogP) is 6.95. The largest absolute Gasteiger partial charge is 0.456 e. The fourth-order valence-corrected chi connectivity index (χ4v) is 4.89. The van der Waals surface area contributed by atoms with Crippen molar-refractivity contribution >= 4 is 35.2 Å². The van der Waals surface area contributed by atoms with E-state index in [2.05, 4.69) is 20.0 Å². The average Bonchev–Trinajstić information content (AvgIpc) is 3.64. The van der Waals surface area contributed by atoms with E-state index in [1.54, 1.807) is 30.5 Å². The van der Waals surface area contributed by atoms with E-state index < -0.39 is 0 Å². The minimum atomic E-state index is 0.441. The van der Waals surface area contributed by atoms with Gasteiger partial charge in [0.25, 0.3) is 0 Å². The lowest BCUT2D eigenvalue weighted by Crippen LogP contribution is -2.23. The third-order valence-corrected chi connectivity index (χ3v) is 7.13. The first kappa shape index (κ1) is 21.3. The van der Waals surface area contributed by atoms with Crippen LogP contribution in [0.3, 0.4) is 0 Å². The highest BCUT2D eigenvalue weighted by atomic mass is 35.5. The summed E-state index contributed by atoms with van der Waals surface area (Å²) >= 11 is 8.20. The minimum Gasteiger partial charge on any atom is -0.456 e. The van der Waals surface area contributed by atoms with Gasteiger partial charge in [0.1, 0.15) is 11.5 Å². The van der Waals surface area contributed by atoms with Gasteiger partial charge in [-0.15, -0.1) is 0 Å². The van der Waals surface area contributed by atoms with Gasteiger partial charge in [-0.1, -0.05) is 30.9 Å². The molecule has 0 bridgehead atoms. The third kappa shape index (κ3) is 5.45. The monoisotopic (exact) mass is 467 g/mol. The van der Waals surface area contributed by atoms with Gasteiger partial charge >= 0.3 is 0 Å². The zero-order valence-electron chi connectivity index (χ0n) is 17.8. The fraction of sp³-hybridized carbons (Fsp3) is 0.375. The molecule has 8 heteroatoms. The molecular weight excluding hydrogens is 442 g/mol. The highest BCUT2D eigenvalue weighted by Crippen LogP contribution is 2.38. The molecule has 0 aliphatic heterocycles. The lowest BCUT2D eigenvalue weighted by molar-refractivity contribution is 0.461. The van der Waals surface area contributed by atoms with Gasteiger partial charge in [0.05, 0.1) is 22.0 Å². The summed E-state index contributed by atoms with van der Waals surface area (Å²) in [6.07, 6.45) is 14.0. The van der Waals surface area contributed by atoms with E-state index >= 15 is 0 Å². The Morgan fingerprint density at radius 2 is 1.88 bits per heavy atom. The number of hydrogen-bond donors (Lipinski definition) is 2. The van der Waals surface area contributed by atoms with Crippen molar-refractivity contribution in [3.63, 3.8) is 0 Å². The molecule has 5 rings (SSSR count). The number of nitrogens with zero attached hydrogens (tertiary/aromatic N) is 3. The number of hydrogen-bond acceptors (Lipinski definition) is 7. The molecule has 2 N–H and O–H groups in total. The van der Waals surface area contributed by atoms with Crippen molar-refractivity contribution in [2.45, 2.75) is 56.2 Å². The zero-order valence-corrected chi connectivity index (χ0v) is 19.3. The number of rotatable bonds is 8. The Labute approximate surface area is 197 Å². The zero-order chi connectivity index (χ0) is 21.8. The molecule has 32 heavy (non-hydrogen) atoms. The SMILES string of the molecule is Clc1cc(Oc2ccncc2-c2ccnc(NC3CCCCC3)n2)ccc1NSC1CC1. The van der Waals surface area contributed by atoms with E-state index in [-0.39, 0.29) is 0 Å². The van der Waals surface area contributed by atoms with Gasteiger partial charge < -0.3 is 14.8 Å². The van der Waals surface area contributed by atoms with Crippen LogP contribution in [0.1, 0.15) is 44.9 Å². The number of benzene rings is 1. The van der Waals surface area contributed by atoms with E-state index in [0.29, 0.717) is 33.8 Å². The Morgan fingerprint density at radius 1 is 1.00 bits per heavy atom. The van der Waals surface area contributed by atoms with Crippen LogP contribution >= 0.6 is 23.5 Å². The Balaban J connectivity index is 1.32. The van der Waals surface area contributed by atoms with Crippen molar-refractivity contribution in [1.29, 1.82) is 0 Å². The first-order valence-corrected chi connectivity index (χ1v) is 12.4. The summed E-state index contributed by atoms with van der Waals surface area (Å²) < 4.78 is 9.53. The molecular formula is C24H26ClN5OS. The predicted molar refractivity (Wildman–Crippen MR) is 132 cm³/mol. The number of pyridine rings is 1. The topological polar surface area (TPSA) is 72.0 Å². The van der Waals surface area contributed by atoms with Gasteiger partial charge in [0.2, 0.25) is 5.95 Å². The van der Waals surface area contributed by atoms with Crippen LogP contribution in [0, 0.1) is 0 Å². The first-order valence-electron chi connectivity index (χ1n) is 11.2. The molecule has 0 radical (unpaired) electrons. The van der Waals surface area contributed by atoms with Crippen LogP contribution in [0.15, 0.2) is 48.9 Å². The van der Waals surface area contributed by atoms with Gasteiger partial charge in [-0.2, -0.15) is 0 Å². The number of ether oxygens (including phenoxy) is 1. The fourth-order valence-electron chi connectivity index (χ4n) is 3.77. The molecule has 3 aromatic rings. The molecule has 0 amide bonds. The summed E-state index contributed by atoms with van der Waals surface area (Å²) in [5.41, 5.74) is 2.48. The summed E-state index contributed by atoms with van der Waals surface area (Å²) in [4.78, 5) is 13.4. The summed E-state index contributed by atoms with van der Waals surface area (Å²) in [6, 6.07) is 9.86. The van der Waals surface area contributed by atoms with E-state index in [9.17, 15) is 0 Å². The summed E-state index contributed by atoms with van der Waals surface area (Å²) in [6.45, 7) is 0. The van der Waals surface area contributed by atoms with Crippen LogP contribution in [0.4, 0.5) is 11.6 Å². The maximum atomic E-state index is 6.47. The first-order chi connectivity index (χ1) is 15.7. The molecule has 2 aliphatic rings. The van der Waals surface area contributed by atoms with Crippen molar-refractivity contribution in [1.82, 2.24) is 15.0 Å². The lowest BCUT2D eigenvalue weighted by Gasteiger charge is -2.22. The maximum Gasteiger partial charge on any atom is 0.223 e. The third-order valence-electron chi connectivity index (χ3n) is 5.68. The van der Waals surface area contributed by atoms with Crippen molar-refractivity contribution in [2.75, 3.05) is 10.0 Å². The molecule has 2 aliphatic carbocycles. The van der Waals surface area contributed by atoms with E-state index in [0.717, 1.165) is 16.9 Å². The second-order valence-corrected chi connectivity index (χ2v) is 9.79. The van der Waals surface area contributed by atoms with Gasteiger partial charge in [-0.3, -0.25) is 4.98 Å². The van der Waals surface area contributed by atoms with E-state index in [1.165, 1.54) is 44.9 Å². The summed E-state index contributed by atoms with van der Waals surface area (Å²) in [5.74, 6) is 1.99. The smallest absolute Gasteiger partial charge is 0.223 e. The molecule has 6 nitrogen and oxygen atoms in total. The molecule has 2 aromatic heterocycles. The van der Waals surface area contributed by atoms with Crippen LogP contribution < -0.4 is 14.8 Å². The van der Waals surface area contributed by atoms with Crippen molar-refractivity contribution in [3.05, 3.63) is 53.9 Å². The summed E-state index contributed by atoms with van der Waals surface area (Å²) in [5, 5.41) is 4.82. The van der Waals surface area contributed by atoms with Crippen LogP contribution in [-0.2, 0) is 0 Å².